The summed E-state index contributed by atoms with van der Waals surface area (Å²) >= 11 is 9.17. The van der Waals surface area contributed by atoms with Crippen molar-refractivity contribution in [3.05, 3.63) is 51.7 Å². The number of ketones is 1. The van der Waals surface area contributed by atoms with E-state index in [9.17, 15) is 4.79 Å². The minimum atomic E-state index is -0.0625. The molecule has 0 atom stereocenters. The van der Waals surface area contributed by atoms with E-state index in [0.29, 0.717) is 22.1 Å². The lowest BCUT2D eigenvalue weighted by Crippen LogP contribution is -1.97. The van der Waals surface area contributed by atoms with Crippen molar-refractivity contribution in [2.45, 2.75) is 6.92 Å². The van der Waals surface area contributed by atoms with E-state index in [1.54, 1.807) is 24.3 Å². The van der Waals surface area contributed by atoms with Gasteiger partial charge in [-0.3, -0.25) is 9.78 Å². The maximum Gasteiger partial charge on any atom is 0.163 e. The van der Waals surface area contributed by atoms with E-state index in [1.807, 2.05) is 0 Å². The van der Waals surface area contributed by atoms with E-state index in [0.717, 1.165) is 4.47 Å². The van der Waals surface area contributed by atoms with Gasteiger partial charge in [-0.2, -0.15) is 0 Å². The van der Waals surface area contributed by atoms with E-state index in [1.165, 1.54) is 19.3 Å². The van der Waals surface area contributed by atoms with Gasteiger partial charge >= 0.3 is 0 Å². The first-order valence-electron chi connectivity index (χ1n) is 5.15. The van der Waals surface area contributed by atoms with E-state index in [2.05, 4.69) is 20.9 Å². The Morgan fingerprint density at radius 1 is 1.33 bits per heavy atom. The van der Waals surface area contributed by atoms with Gasteiger partial charge in [0, 0.05) is 16.7 Å². The van der Waals surface area contributed by atoms with Crippen molar-refractivity contribution in [2.75, 3.05) is 0 Å². The summed E-state index contributed by atoms with van der Waals surface area (Å²) in [6, 6.07) is 6.87. The Kier molecular flexibility index (Phi) is 3.99. The van der Waals surface area contributed by atoms with Crippen molar-refractivity contribution in [2.24, 2.45) is 0 Å². The number of benzene rings is 1. The molecule has 0 aliphatic heterocycles. The van der Waals surface area contributed by atoms with Crippen LogP contribution in [0.2, 0.25) is 5.02 Å². The molecule has 0 saturated heterocycles. The van der Waals surface area contributed by atoms with E-state index in [4.69, 9.17) is 16.3 Å². The van der Waals surface area contributed by atoms with Crippen LogP contribution in [-0.2, 0) is 0 Å². The molecule has 0 aliphatic carbocycles. The number of pyridine rings is 1. The number of rotatable bonds is 3. The molecule has 0 unspecified atom stereocenters. The molecular weight excluding hydrogens is 318 g/mol. The van der Waals surface area contributed by atoms with Crippen molar-refractivity contribution in [1.82, 2.24) is 4.98 Å². The fraction of sp³-hybridized carbons (Fsp3) is 0.0769. The number of hydrogen-bond donors (Lipinski definition) is 0. The molecule has 0 amide bonds. The maximum absolute atomic E-state index is 11.5. The van der Waals surface area contributed by atoms with Crippen LogP contribution in [0.1, 0.15) is 17.3 Å². The summed E-state index contributed by atoms with van der Waals surface area (Å²) in [5.74, 6) is 0.900. The Labute approximate surface area is 118 Å². The van der Waals surface area contributed by atoms with E-state index < -0.39 is 0 Å². The summed E-state index contributed by atoms with van der Waals surface area (Å²) in [5.41, 5.74) is 0.512. The zero-order valence-electron chi connectivity index (χ0n) is 9.48. The van der Waals surface area contributed by atoms with Crippen LogP contribution in [0.4, 0.5) is 0 Å². The molecule has 0 spiro atoms. The molecule has 0 aliphatic rings. The molecule has 18 heavy (non-hydrogen) atoms. The molecule has 2 rings (SSSR count). The maximum atomic E-state index is 11.5. The average molecular weight is 327 g/mol. The third kappa shape index (κ3) is 3.09. The summed E-state index contributed by atoms with van der Waals surface area (Å²) in [4.78, 5) is 15.4. The monoisotopic (exact) mass is 325 g/mol. The van der Waals surface area contributed by atoms with Crippen LogP contribution in [0.5, 0.6) is 11.5 Å². The highest BCUT2D eigenvalue weighted by Crippen LogP contribution is 2.29. The smallest absolute Gasteiger partial charge is 0.163 e. The fourth-order valence-electron chi connectivity index (χ4n) is 1.45. The lowest BCUT2D eigenvalue weighted by molar-refractivity contribution is 0.101. The second kappa shape index (κ2) is 5.50. The van der Waals surface area contributed by atoms with Crippen LogP contribution >= 0.6 is 27.5 Å². The Hall–Kier alpha value is -1.39. The molecule has 1 aromatic heterocycles. The van der Waals surface area contributed by atoms with Crippen LogP contribution in [0.3, 0.4) is 0 Å². The number of Topliss-reactive ketones (excluding diaryl/α,β-unsaturated/α-hetero) is 1. The van der Waals surface area contributed by atoms with Crippen LogP contribution in [-0.4, -0.2) is 10.8 Å². The lowest BCUT2D eigenvalue weighted by atomic mass is 10.1. The van der Waals surface area contributed by atoms with Crippen LogP contribution in [0, 0.1) is 0 Å². The Bertz CT molecular complexity index is 601. The molecule has 0 fully saturated rings. The molecule has 0 N–H and O–H groups in total. The van der Waals surface area contributed by atoms with Crippen LogP contribution in [0.15, 0.2) is 41.1 Å². The molecule has 0 bridgehead atoms. The van der Waals surface area contributed by atoms with Gasteiger partial charge in [0.05, 0.1) is 16.8 Å². The first-order chi connectivity index (χ1) is 8.56. The Morgan fingerprint density at radius 2 is 2.11 bits per heavy atom. The van der Waals surface area contributed by atoms with Crippen LogP contribution < -0.4 is 4.74 Å². The summed E-state index contributed by atoms with van der Waals surface area (Å²) in [7, 11) is 0. The fourth-order valence-corrected chi connectivity index (χ4v) is 1.95. The molecular formula is C13H9BrClNO2. The predicted octanol–water partition coefficient (Wildman–Crippen LogP) is 4.49. The van der Waals surface area contributed by atoms with Gasteiger partial charge in [0.1, 0.15) is 11.5 Å². The molecule has 1 aromatic carbocycles. The van der Waals surface area contributed by atoms with Gasteiger partial charge in [-0.05, 0) is 25.1 Å². The number of aromatic nitrogens is 1. The number of ether oxygens (including phenoxy) is 1. The average Bonchev–Trinajstić information content (AvgIpc) is 2.28. The molecule has 0 saturated carbocycles. The minimum Gasteiger partial charge on any atom is -0.455 e. The predicted molar refractivity (Wildman–Crippen MR) is 73.5 cm³/mol. The van der Waals surface area contributed by atoms with Crippen molar-refractivity contribution in [1.29, 1.82) is 0 Å². The first kappa shape index (κ1) is 13.1. The van der Waals surface area contributed by atoms with Gasteiger partial charge in [-0.1, -0.05) is 27.5 Å². The molecule has 1 heterocycles. The van der Waals surface area contributed by atoms with Gasteiger partial charge < -0.3 is 4.74 Å². The largest absolute Gasteiger partial charge is 0.455 e. The highest BCUT2D eigenvalue weighted by atomic mass is 79.9. The summed E-state index contributed by atoms with van der Waals surface area (Å²) in [6.07, 6.45) is 3.05. The van der Waals surface area contributed by atoms with Crippen molar-refractivity contribution in [3.8, 4) is 11.5 Å². The quantitative estimate of drug-likeness (QED) is 0.780. The zero-order valence-corrected chi connectivity index (χ0v) is 11.8. The highest BCUT2D eigenvalue weighted by Gasteiger charge is 2.10. The number of nitrogens with zero attached hydrogens (tertiary/aromatic N) is 1. The van der Waals surface area contributed by atoms with Gasteiger partial charge in [0.25, 0.3) is 0 Å². The second-order valence-electron chi connectivity index (χ2n) is 3.64. The zero-order chi connectivity index (χ0) is 13.1. The molecule has 2 aromatic rings. The normalized spacial score (nSPS) is 10.2. The first-order valence-corrected chi connectivity index (χ1v) is 6.32. The lowest BCUT2D eigenvalue weighted by Gasteiger charge is -2.09. The minimum absolute atomic E-state index is 0.0625. The second-order valence-corrected chi connectivity index (χ2v) is 4.99. The van der Waals surface area contributed by atoms with Crippen molar-refractivity contribution >= 4 is 33.3 Å². The van der Waals surface area contributed by atoms with Crippen LogP contribution in [0.25, 0.3) is 0 Å². The number of halogens is 2. The number of carbonyl (C=O) groups is 1. The molecule has 5 heteroatoms. The van der Waals surface area contributed by atoms with Gasteiger partial charge in [0.2, 0.25) is 0 Å². The third-order valence-corrected chi connectivity index (χ3v) is 2.93. The highest BCUT2D eigenvalue weighted by molar-refractivity contribution is 9.10. The SMILES string of the molecule is CC(=O)c1ccc(Br)cc1Oc1cncc(Cl)c1. The van der Waals surface area contributed by atoms with Crippen molar-refractivity contribution < 1.29 is 9.53 Å². The van der Waals surface area contributed by atoms with E-state index in [-0.39, 0.29) is 5.78 Å². The van der Waals surface area contributed by atoms with Crippen molar-refractivity contribution in [3.63, 3.8) is 0 Å². The topological polar surface area (TPSA) is 39.2 Å². The Balaban J connectivity index is 2.39. The van der Waals surface area contributed by atoms with Gasteiger partial charge in [-0.15, -0.1) is 0 Å². The summed E-state index contributed by atoms with van der Waals surface area (Å²) < 4.78 is 6.47. The van der Waals surface area contributed by atoms with Gasteiger partial charge in [0.15, 0.2) is 5.78 Å². The summed E-state index contributed by atoms with van der Waals surface area (Å²) in [5, 5.41) is 0.479. The molecule has 3 nitrogen and oxygen atoms in total. The number of hydrogen-bond acceptors (Lipinski definition) is 3. The number of carbonyl (C=O) groups excluding carboxylic acids is 1. The Morgan fingerprint density at radius 3 is 2.78 bits per heavy atom. The van der Waals surface area contributed by atoms with Gasteiger partial charge in [-0.25, -0.2) is 0 Å². The standard InChI is InChI=1S/C13H9BrClNO2/c1-8(17)12-3-2-9(14)4-13(12)18-11-5-10(15)6-16-7-11/h2-7H,1H3. The van der Waals surface area contributed by atoms with E-state index >= 15 is 0 Å². The molecule has 0 radical (unpaired) electrons. The molecule has 92 valence electrons. The third-order valence-electron chi connectivity index (χ3n) is 2.23. The summed E-state index contributed by atoms with van der Waals surface area (Å²) in [6.45, 7) is 1.49.